The third-order valence-corrected chi connectivity index (χ3v) is 5.25. The molecule has 1 aromatic heterocycles. The minimum absolute atomic E-state index is 0.820. The number of hydrogen-bond acceptors (Lipinski definition) is 2. The van der Waals surface area contributed by atoms with E-state index in [1.165, 1.54) is 16.0 Å². The summed E-state index contributed by atoms with van der Waals surface area (Å²) in [6.45, 7) is 0.820. The average Bonchev–Trinajstić information content (AvgIpc) is 3.06. The second kappa shape index (κ2) is 8.07. The second-order valence-corrected chi connectivity index (χ2v) is 7.09. The van der Waals surface area contributed by atoms with Gasteiger partial charge in [-0.1, -0.05) is 72.8 Å². The van der Waals surface area contributed by atoms with Gasteiger partial charge < -0.3 is 4.57 Å². The fourth-order valence-corrected chi connectivity index (χ4v) is 3.83. The number of imidazole rings is 1. The van der Waals surface area contributed by atoms with Gasteiger partial charge in [0.1, 0.15) is 5.82 Å². The molecule has 4 rings (SSSR count). The molecule has 3 aromatic carbocycles. The standard InChI is InChI=1S/C23H20N2S/c1-3-10-19(11-4-1)12-9-17-25-22-16-8-7-15-21(22)24-23(25)18-26-20-13-5-2-6-14-20/h1-16H,17-18H2/b12-9+. The van der Waals surface area contributed by atoms with Crippen LogP contribution in [0.1, 0.15) is 11.4 Å². The van der Waals surface area contributed by atoms with E-state index in [0.717, 1.165) is 23.6 Å². The molecule has 0 aliphatic rings. The van der Waals surface area contributed by atoms with Gasteiger partial charge in [0, 0.05) is 11.4 Å². The van der Waals surface area contributed by atoms with E-state index in [1.807, 2.05) is 30.0 Å². The number of benzene rings is 3. The average molecular weight is 356 g/mol. The van der Waals surface area contributed by atoms with E-state index in [9.17, 15) is 0 Å². The summed E-state index contributed by atoms with van der Waals surface area (Å²) < 4.78 is 2.31. The van der Waals surface area contributed by atoms with Gasteiger partial charge in [0.2, 0.25) is 0 Å². The number of thioether (sulfide) groups is 1. The van der Waals surface area contributed by atoms with Crippen LogP contribution in [0.25, 0.3) is 17.1 Å². The van der Waals surface area contributed by atoms with Crippen molar-refractivity contribution in [1.82, 2.24) is 9.55 Å². The Morgan fingerprint density at radius 3 is 2.31 bits per heavy atom. The molecule has 0 aliphatic carbocycles. The molecule has 128 valence electrons. The van der Waals surface area contributed by atoms with E-state index in [0.29, 0.717) is 0 Å². The molecule has 0 saturated carbocycles. The van der Waals surface area contributed by atoms with Crippen LogP contribution in [0.2, 0.25) is 0 Å². The Bertz CT molecular complexity index is 1000. The zero-order valence-electron chi connectivity index (χ0n) is 14.5. The fraction of sp³-hybridized carbons (Fsp3) is 0.0870. The number of hydrogen-bond donors (Lipinski definition) is 0. The smallest absolute Gasteiger partial charge is 0.120 e. The van der Waals surface area contributed by atoms with Crippen molar-refractivity contribution in [2.75, 3.05) is 0 Å². The highest BCUT2D eigenvalue weighted by molar-refractivity contribution is 7.98. The van der Waals surface area contributed by atoms with Gasteiger partial charge in [0.15, 0.2) is 0 Å². The predicted molar refractivity (Wildman–Crippen MR) is 111 cm³/mol. The number of aromatic nitrogens is 2. The minimum Gasteiger partial charge on any atom is -0.323 e. The van der Waals surface area contributed by atoms with E-state index in [2.05, 4.69) is 83.4 Å². The summed E-state index contributed by atoms with van der Waals surface area (Å²) >= 11 is 1.83. The summed E-state index contributed by atoms with van der Waals surface area (Å²) in [5.74, 6) is 1.97. The summed E-state index contributed by atoms with van der Waals surface area (Å²) in [6, 6.07) is 29.3. The molecule has 0 bridgehead atoms. The molecule has 0 radical (unpaired) electrons. The van der Waals surface area contributed by atoms with Crippen molar-refractivity contribution in [1.29, 1.82) is 0 Å². The van der Waals surface area contributed by atoms with Crippen molar-refractivity contribution in [3.8, 4) is 0 Å². The van der Waals surface area contributed by atoms with Crippen molar-refractivity contribution in [3.05, 3.63) is 102 Å². The largest absolute Gasteiger partial charge is 0.323 e. The zero-order valence-corrected chi connectivity index (χ0v) is 15.3. The molecule has 0 unspecified atom stereocenters. The van der Waals surface area contributed by atoms with Crippen LogP contribution in [0.4, 0.5) is 0 Å². The Morgan fingerprint density at radius 1 is 0.808 bits per heavy atom. The van der Waals surface area contributed by atoms with Crippen molar-refractivity contribution in [3.63, 3.8) is 0 Å². The van der Waals surface area contributed by atoms with Crippen LogP contribution in [0.3, 0.4) is 0 Å². The fourth-order valence-electron chi connectivity index (χ4n) is 2.96. The Labute approximate surface area is 158 Å². The minimum atomic E-state index is 0.820. The quantitative estimate of drug-likeness (QED) is 0.392. The maximum Gasteiger partial charge on any atom is 0.120 e. The van der Waals surface area contributed by atoms with Crippen LogP contribution in [-0.4, -0.2) is 9.55 Å². The molecule has 0 amide bonds. The number of para-hydroxylation sites is 2. The maximum absolute atomic E-state index is 4.86. The summed E-state index contributed by atoms with van der Waals surface area (Å²) in [4.78, 5) is 6.13. The zero-order chi connectivity index (χ0) is 17.6. The van der Waals surface area contributed by atoms with Crippen molar-refractivity contribution < 1.29 is 0 Å². The predicted octanol–water partition coefficient (Wildman–Crippen LogP) is 6.04. The molecule has 3 heteroatoms. The number of rotatable bonds is 6. The monoisotopic (exact) mass is 356 g/mol. The topological polar surface area (TPSA) is 17.8 Å². The normalized spacial score (nSPS) is 11.4. The highest BCUT2D eigenvalue weighted by Crippen LogP contribution is 2.25. The van der Waals surface area contributed by atoms with E-state index < -0.39 is 0 Å². The first kappa shape index (κ1) is 16.7. The van der Waals surface area contributed by atoms with Gasteiger partial charge >= 0.3 is 0 Å². The van der Waals surface area contributed by atoms with Gasteiger partial charge in [0.25, 0.3) is 0 Å². The molecule has 0 spiro atoms. The molecular weight excluding hydrogens is 336 g/mol. The highest BCUT2D eigenvalue weighted by Gasteiger charge is 2.09. The van der Waals surface area contributed by atoms with Crippen LogP contribution < -0.4 is 0 Å². The Kier molecular flexibility index (Phi) is 5.17. The molecule has 0 aliphatic heterocycles. The summed E-state index contributed by atoms with van der Waals surface area (Å²) in [5.41, 5.74) is 3.47. The first-order valence-electron chi connectivity index (χ1n) is 8.74. The Balaban J connectivity index is 1.58. The first-order valence-corrected chi connectivity index (χ1v) is 9.72. The third kappa shape index (κ3) is 3.89. The maximum atomic E-state index is 4.86. The first-order chi connectivity index (χ1) is 12.9. The third-order valence-electron chi connectivity index (χ3n) is 4.24. The molecule has 0 fully saturated rings. The molecule has 0 atom stereocenters. The lowest BCUT2D eigenvalue weighted by Crippen LogP contribution is -2.01. The van der Waals surface area contributed by atoms with Crippen molar-refractivity contribution in [2.45, 2.75) is 17.2 Å². The lowest BCUT2D eigenvalue weighted by Gasteiger charge is -2.07. The van der Waals surface area contributed by atoms with Crippen molar-refractivity contribution >= 4 is 28.9 Å². The molecular formula is C23H20N2S. The molecule has 26 heavy (non-hydrogen) atoms. The van der Waals surface area contributed by atoms with Gasteiger partial charge in [-0.15, -0.1) is 11.8 Å². The van der Waals surface area contributed by atoms with Gasteiger partial charge in [-0.3, -0.25) is 0 Å². The SMILES string of the molecule is C(=C\c1ccccc1)/Cn1c(CSc2ccccc2)nc2ccccc21. The van der Waals surface area contributed by atoms with E-state index in [4.69, 9.17) is 4.98 Å². The van der Waals surface area contributed by atoms with Gasteiger partial charge in [-0.25, -0.2) is 4.98 Å². The van der Waals surface area contributed by atoms with E-state index in [1.54, 1.807) is 0 Å². The van der Waals surface area contributed by atoms with Gasteiger partial charge in [-0.2, -0.15) is 0 Å². The Morgan fingerprint density at radius 2 is 1.50 bits per heavy atom. The lowest BCUT2D eigenvalue weighted by atomic mass is 10.2. The van der Waals surface area contributed by atoms with Crippen LogP contribution in [0, 0.1) is 0 Å². The lowest BCUT2D eigenvalue weighted by molar-refractivity contribution is 0.802. The molecule has 0 saturated heterocycles. The van der Waals surface area contributed by atoms with Gasteiger partial charge in [-0.05, 0) is 29.8 Å². The molecule has 2 nitrogen and oxygen atoms in total. The van der Waals surface area contributed by atoms with Crippen LogP contribution >= 0.6 is 11.8 Å². The van der Waals surface area contributed by atoms with Crippen LogP contribution in [0.15, 0.2) is 95.9 Å². The molecule has 0 N–H and O–H groups in total. The van der Waals surface area contributed by atoms with Crippen LogP contribution in [0.5, 0.6) is 0 Å². The van der Waals surface area contributed by atoms with Crippen LogP contribution in [-0.2, 0) is 12.3 Å². The summed E-state index contributed by atoms with van der Waals surface area (Å²) in [5, 5.41) is 0. The number of allylic oxidation sites excluding steroid dienone is 1. The van der Waals surface area contributed by atoms with Crippen molar-refractivity contribution in [2.24, 2.45) is 0 Å². The number of nitrogens with zero attached hydrogens (tertiary/aromatic N) is 2. The Hall–Kier alpha value is -2.78. The number of fused-ring (bicyclic) bond motifs is 1. The van der Waals surface area contributed by atoms with E-state index >= 15 is 0 Å². The molecule has 4 aromatic rings. The summed E-state index contributed by atoms with van der Waals surface area (Å²) in [6.07, 6.45) is 4.38. The van der Waals surface area contributed by atoms with Gasteiger partial charge in [0.05, 0.1) is 16.8 Å². The summed E-state index contributed by atoms with van der Waals surface area (Å²) in [7, 11) is 0. The molecule has 1 heterocycles. The highest BCUT2D eigenvalue weighted by atomic mass is 32.2. The van der Waals surface area contributed by atoms with E-state index in [-0.39, 0.29) is 0 Å². The second-order valence-electron chi connectivity index (χ2n) is 6.04.